The summed E-state index contributed by atoms with van der Waals surface area (Å²) in [4.78, 5) is 18.9. The van der Waals surface area contributed by atoms with Crippen LogP contribution in [0, 0.1) is 0 Å². The zero-order valence-electron chi connectivity index (χ0n) is 9.20. The largest absolute Gasteiger partial charge is 0.278 e. The molecule has 0 saturated carbocycles. The van der Waals surface area contributed by atoms with Crippen molar-refractivity contribution in [3.8, 4) is 0 Å². The van der Waals surface area contributed by atoms with E-state index < -0.39 is 0 Å². The average molecular weight is 237 g/mol. The lowest BCUT2D eigenvalue weighted by atomic mass is 9.95. The van der Waals surface area contributed by atoms with Crippen molar-refractivity contribution in [2.45, 2.75) is 32.1 Å². The van der Waals surface area contributed by atoms with Gasteiger partial charge in [0.05, 0.1) is 18.7 Å². The molecule has 0 unspecified atom stereocenters. The normalized spacial score (nSPS) is 19.9. The van der Waals surface area contributed by atoms with Crippen LogP contribution in [-0.2, 0) is 17.7 Å². The molecule has 4 heteroatoms. The van der Waals surface area contributed by atoms with Gasteiger partial charge in [-0.3, -0.25) is 9.63 Å². The summed E-state index contributed by atoms with van der Waals surface area (Å²) < 4.78 is 0. The number of carbonyl (C=O) groups excluding carboxylic acids is 1. The van der Waals surface area contributed by atoms with Gasteiger partial charge < -0.3 is 0 Å². The van der Waals surface area contributed by atoms with Crippen LogP contribution in [0.4, 0.5) is 0 Å². The van der Waals surface area contributed by atoms with Crippen LogP contribution >= 0.6 is 11.3 Å². The van der Waals surface area contributed by atoms with Crippen LogP contribution < -0.4 is 0 Å². The number of carbonyl (C=O) groups is 1. The van der Waals surface area contributed by atoms with Gasteiger partial charge in [0, 0.05) is 10.3 Å². The summed E-state index contributed by atoms with van der Waals surface area (Å²) in [6, 6.07) is 0. The number of hydroxylamine groups is 2. The maximum absolute atomic E-state index is 12.2. The highest BCUT2D eigenvalue weighted by Gasteiger charge is 2.26. The smallest absolute Gasteiger partial charge is 0.271 e. The van der Waals surface area contributed by atoms with Crippen LogP contribution in [0.5, 0.6) is 0 Å². The Hall–Kier alpha value is -0.870. The van der Waals surface area contributed by atoms with E-state index in [0.29, 0.717) is 6.61 Å². The second kappa shape index (κ2) is 4.18. The standard InChI is InChI=1S/C12H15NO2S/c14-12(13-6-3-7-15-13)10-8-16-11-5-2-1-4-9(10)11/h8H,1-7H2. The van der Waals surface area contributed by atoms with Gasteiger partial charge in [-0.05, 0) is 37.7 Å². The van der Waals surface area contributed by atoms with Gasteiger partial charge in [-0.2, -0.15) is 0 Å². The summed E-state index contributed by atoms with van der Waals surface area (Å²) in [5.74, 6) is 0.0666. The summed E-state index contributed by atoms with van der Waals surface area (Å²) in [7, 11) is 0. The van der Waals surface area contributed by atoms with Crippen molar-refractivity contribution < 1.29 is 9.63 Å². The van der Waals surface area contributed by atoms with E-state index in [4.69, 9.17) is 4.84 Å². The van der Waals surface area contributed by atoms with Crippen LogP contribution in [-0.4, -0.2) is 24.1 Å². The van der Waals surface area contributed by atoms with E-state index in [9.17, 15) is 4.79 Å². The first-order valence-electron chi connectivity index (χ1n) is 5.90. The lowest BCUT2D eigenvalue weighted by Gasteiger charge is -2.16. The van der Waals surface area contributed by atoms with Crippen molar-refractivity contribution in [3.63, 3.8) is 0 Å². The molecule has 86 valence electrons. The molecular weight excluding hydrogens is 222 g/mol. The summed E-state index contributed by atoms with van der Waals surface area (Å²) in [6.07, 6.45) is 5.65. The average Bonchev–Trinajstić information content (AvgIpc) is 2.98. The molecule has 0 spiro atoms. The van der Waals surface area contributed by atoms with Gasteiger partial charge in [0.25, 0.3) is 5.91 Å². The third-order valence-electron chi connectivity index (χ3n) is 3.27. The van der Waals surface area contributed by atoms with E-state index in [2.05, 4.69) is 0 Å². The van der Waals surface area contributed by atoms with Gasteiger partial charge >= 0.3 is 0 Å². The predicted molar refractivity (Wildman–Crippen MR) is 62.6 cm³/mol. The monoisotopic (exact) mass is 237 g/mol. The van der Waals surface area contributed by atoms with Gasteiger partial charge in [-0.15, -0.1) is 11.3 Å². The van der Waals surface area contributed by atoms with E-state index in [-0.39, 0.29) is 5.91 Å². The fraction of sp³-hybridized carbons (Fsp3) is 0.583. The molecular formula is C12H15NO2S. The van der Waals surface area contributed by atoms with Crippen LogP contribution in [0.2, 0.25) is 0 Å². The summed E-state index contributed by atoms with van der Waals surface area (Å²) in [5, 5.41) is 3.54. The Balaban J connectivity index is 1.88. The minimum absolute atomic E-state index is 0.0666. The Bertz CT molecular complexity index is 407. The molecule has 0 radical (unpaired) electrons. The Kier molecular flexibility index (Phi) is 2.69. The second-order valence-corrected chi connectivity index (χ2v) is 5.32. The van der Waals surface area contributed by atoms with Crippen LogP contribution in [0.3, 0.4) is 0 Å². The maximum Gasteiger partial charge on any atom is 0.278 e. The maximum atomic E-state index is 12.2. The minimum atomic E-state index is 0.0666. The second-order valence-electron chi connectivity index (χ2n) is 4.35. The topological polar surface area (TPSA) is 29.5 Å². The van der Waals surface area contributed by atoms with Crippen LogP contribution in [0.1, 0.15) is 40.1 Å². The number of rotatable bonds is 1. The lowest BCUT2D eigenvalue weighted by Crippen LogP contribution is -2.27. The van der Waals surface area contributed by atoms with Gasteiger partial charge in [-0.1, -0.05) is 0 Å². The van der Waals surface area contributed by atoms with Crippen molar-refractivity contribution >= 4 is 17.2 Å². The van der Waals surface area contributed by atoms with E-state index in [1.165, 1.54) is 28.3 Å². The molecule has 16 heavy (non-hydrogen) atoms. The zero-order valence-corrected chi connectivity index (χ0v) is 10.0. The Labute approximate surface area is 99.0 Å². The predicted octanol–water partition coefficient (Wildman–Crippen LogP) is 2.40. The molecule has 3 nitrogen and oxygen atoms in total. The molecule has 2 aliphatic rings. The van der Waals surface area contributed by atoms with E-state index in [1.54, 1.807) is 11.3 Å². The molecule has 0 aromatic carbocycles. The van der Waals surface area contributed by atoms with Gasteiger partial charge in [-0.25, -0.2) is 5.06 Å². The molecule has 1 aliphatic carbocycles. The lowest BCUT2D eigenvalue weighted by molar-refractivity contribution is -0.0768. The highest BCUT2D eigenvalue weighted by molar-refractivity contribution is 7.10. The molecule has 0 bridgehead atoms. The first kappa shape index (κ1) is 10.3. The molecule has 1 aromatic heterocycles. The van der Waals surface area contributed by atoms with Crippen molar-refractivity contribution in [2.24, 2.45) is 0 Å². The minimum Gasteiger partial charge on any atom is -0.271 e. The molecule has 1 aliphatic heterocycles. The first-order chi connectivity index (χ1) is 7.86. The quantitative estimate of drug-likeness (QED) is 0.750. The SMILES string of the molecule is O=C(c1csc2c1CCCC2)N1CCCO1. The van der Waals surface area contributed by atoms with Gasteiger partial charge in [0.15, 0.2) is 0 Å². The molecule has 1 aromatic rings. The van der Waals surface area contributed by atoms with Crippen molar-refractivity contribution in [1.29, 1.82) is 0 Å². The third-order valence-corrected chi connectivity index (χ3v) is 4.36. The number of thiophene rings is 1. The summed E-state index contributed by atoms with van der Waals surface area (Å²) in [5.41, 5.74) is 2.18. The van der Waals surface area contributed by atoms with Gasteiger partial charge in [0.2, 0.25) is 0 Å². The number of amides is 1. The summed E-state index contributed by atoms with van der Waals surface area (Å²) >= 11 is 1.74. The fourth-order valence-corrected chi connectivity index (χ4v) is 3.53. The van der Waals surface area contributed by atoms with E-state index in [0.717, 1.165) is 31.4 Å². The fourth-order valence-electron chi connectivity index (χ4n) is 2.42. The third kappa shape index (κ3) is 1.66. The van der Waals surface area contributed by atoms with E-state index in [1.807, 2.05) is 5.38 Å². The number of nitrogens with zero attached hydrogens (tertiary/aromatic N) is 1. The number of hydrogen-bond donors (Lipinski definition) is 0. The molecule has 0 atom stereocenters. The molecule has 1 fully saturated rings. The van der Waals surface area contributed by atoms with E-state index >= 15 is 0 Å². The first-order valence-corrected chi connectivity index (χ1v) is 6.78. The molecule has 2 heterocycles. The number of hydrogen-bond acceptors (Lipinski definition) is 3. The Morgan fingerprint density at radius 2 is 2.19 bits per heavy atom. The van der Waals surface area contributed by atoms with Crippen molar-refractivity contribution in [1.82, 2.24) is 5.06 Å². The molecule has 0 N–H and O–H groups in total. The number of aryl methyl sites for hydroxylation is 1. The van der Waals surface area contributed by atoms with Crippen LogP contribution in [0.15, 0.2) is 5.38 Å². The van der Waals surface area contributed by atoms with Crippen molar-refractivity contribution in [2.75, 3.05) is 13.2 Å². The molecule has 3 rings (SSSR count). The highest BCUT2D eigenvalue weighted by atomic mass is 32.1. The van der Waals surface area contributed by atoms with Crippen molar-refractivity contribution in [3.05, 3.63) is 21.4 Å². The Morgan fingerprint density at radius 3 is 3.00 bits per heavy atom. The number of fused-ring (bicyclic) bond motifs is 1. The highest BCUT2D eigenvalue weighted by Crippen LogP contribution is 2.31. The van der Waals surface area contributed by atoms with Crippen LogP contribution in [0.25, 0.3) is 0 Å². The molecule has 1 saturated heterocycles. The molecule has 1 amide bonds. The zero-order chi connectivity index (χ0) is 11.0. The summed E-state index contributed by atoms with van der Waals surface area (Å²) in [6.45, 7) is 1.42. The van der Waals surface area contributed by atoms with Gasteiger partial charge in [0.1, 0.15) is 0 Å². The Morgan fingerprint density at radius 1 is 1.31 bits per heavy atom.